The van der Waals surface area contributed by atoms with E-state index in [2.05, 4.69) is 54.5 Å². The monoisotopic (exact) mass is 514 g/mol. The summed E-state index contributed by atoms with van der Waals surface area (Å²) in [6.45, 7) is 26.4. The van der Waals surface area contributed by atoms with Crippen LogP contribution in [0.2, 0.25) is 36.3 Å². The number of carboxylic acid groups (broad SMARTS) is 1. The standard InChI is InChI=1S/C27H54O5Si2/c1-14-18-19-20(5)22(31-34(15-2,16-3)17-4)21(6)23(28)27(10,11)24(25(29)30)32-33(12,13)26(7,8)9/h14,18,20-22,24H,15-17,19H2,1-13H3,(H,29,30)/b18-14+/t20-,21+,22-,24-/m0/s1. The van der Waals surface area contributed by atoms with Gasteiger partial charge in [0.2, 0.25) is 0 Å². The SMILES string of the molecule is C/C=C/C[C@H](C)[C@H](O[Si](CC)(CC)CC)[C@@H](C)C(=O)C(C)(C)[C@@H](O[Si](C)(C)C(C)(C)C)C(=O)O. The second-order valence-electron chi connectivity index (χ2n) is 12.1. The zero-order valence-corrected chi connectivity index (χ0v) is 26.4. The topological polar surface area (TPSA) is 72.8 Å². The summed E-state index contributed by atoms with van der Waals surface area (Å²) in [7, 11) is -4.39. The highest BCUT2D eigenvalue weighted by Crippen LogP contribution is 2.41. The summed E-state index contributed by atoms with van der Waals surface area (Å²) in [6, 6.07) is 3.01. The number of aliphatic carboxylic acids is 1. The molecule has 0 amide bonds. The minimum Gasteiger partial charge on any atom is -0.479 e. The summed E-state index contributed by atoms with van der Waals surface area (Å²) in [4.78, 5) is 26.4. The molecule has 0 aromatic rings. The van der Waals surface area contributed by atoms with Crippen molar-refractivity contribution in [3.05, 3.63) is 12.2 Å². The molecule has 0 saturated heterocycles. The Morgan fingerprint density at radius 1 is 0.941 bits per heavy atom. The molecule has 0 bridgehead atoms. The maximum absolute atomic E-state index is 14.0. The van der Waals surface area contributed by atoms with Crippen LogP contribution >= 0.6 is 0 Å². The van der Waals surface area contributed by atoms with Gasteiger partial charge >= 0.3 is 5.97 Å². The molecule has 0 aliphatic rings. The van der Waals surface area contributed by atoms with Gasteiger partial charge in [-0.05, 0) is 69.4 Å². The fraction of sp³-hybridized carbons (Fsp3) is 0.852. The Morgan fingerprint density at radius 2 is 1.41 bits per heavy atom. The smallest absolute Gasteiger partial charge is 0.332 e. The third kappa shape index (κ3) is 8.14. The number of ketones is 1. The van der Waals surface area contributed by atoms with E-state index in [1.54, 1.807) is 13.8 Å². The number of Topliss-reactive ketones (excluding diaryl/α,β-unsaturated/α-hetero) is 1. The zero-order valence-electron chi connectivity index (χ0n) is 24.4. The number of allylic oxidation sites excluding steroid dienone is 2. The van der Waals surface area contributed by atoms with Crippen LogP contribution in [0.4, 0.5) is 0 Å². The molecular formula is C27H54O5Si2. The molecule has 0 aromatic carbocycles. The van der Waals surface area contributed by atoms with E-state index in [0.717, 1.165) is 24.6 Å². The van der Waals surface area contributed by atoms with Gasteiger partial charge in [0.1, 0.15) is 5.78 Å². The van der Waals surface area contributed by atoms with E-state index >= 15 is 0 Å². The molecule has 0 spiro atoms. The second-order valence-corrected chi connectivity index (χ2v) is 21.6. The minimum atomic E-state index is -2.41. The van der Waals surface area contributed by atoms with E-state index in [9.17, 15) is 14.7 Å². The van der Waals surface area contributed by atoms with Gasteiger partial charge < -0.3 is 14.0 Å². The number of carbonyl (C=O) groups is 2. The van der Waals surface area contributed by atoms with Gasteiger partial charge in [0.25, 0.3) is 0 Å². The minimum absolute atomic E-state index is 0.0952. The molecule has 4 atom stereocenters. The van der Waals surface area contributed by atoms with Crippen LogP contribution in [-0.2, 0) is 18.4 Å². The Balaban J connectivity index is 6.28. The molecule has 0 aromatic heterocycles. The van der Waals surface area contributed by atoms with Crippen LogP contribution < -0.4 is 0 Å². The number of rotatable bonds is 15. The van der Waals surface area contributed by atoms with Gasteiger partial charge in [-0.15, -0.1) is 0 Å². The molecule has 0 aliphatic carbocycles. The molecule has 0 radical (unpaired) electrons. The average molecular weight is 515 g/mol. The third-order valence-electron chi connectivity index (χ3n) is 8.26. The van der Waals surface area contributed by atoms with Crippen molar-refractivity contribution >= 4 is 28.4 Å². The maximum atomic E-state index is 14.0. The van der Waals surface area contributed by atoms with Crippen molar-refractivity contribution in [1.82, 2.24) is 0 Å². The van der Waals surface area contributed by atoms with Gasteiger partial charge in [-0.1, -0.05) is 67.5 Å². The highest BCUT2D eigenvalue weighted by atomic mass is 28.4. The number of hydrogen-bond donors (Lipinski definition) is 1. The van der Waals surface area contributed by atoms with Crippen LogP contribution in [-0.4, -0.2) is 45.7 Å². The molecule has 0 aliphatic heterocycles. The Kier molecular flexibility index (Phi) is 12.7. The summed E-state index contributed by atoms with van der Waals surface area (Å²) in [6.07, 6.45) is 3.53. The summed E-state index contributed by atoms with van der Waals surface area (Å²) in [5.41, 5.74) is -1.18. The number of carbonyl (C=O) groups excluding carboxylic acids is 1. The fourth-order valence-corrected chi connectivity index (χ4v) is 8.68. The first-order valence-corrected chi connectivity index (χ1v) is 18.5. The number of hydrogen-bond acceptors (Lipinski definition) is 4. The Bertz CT molecular complexity index is 681. The molecule has 0 fully saturated rings. The predicted octanol–water partition coefficient (Wildman–Crippen LogP) is 7.69. The van der Waals surface area contributed by atoms with Crippen molar-refractivity contribution in [3.8, 4) is 0 Å². The number of carboxylic acids is 1. The molecule has 7 heteroatoms. The van der Waals surface area contributed by atoms with Crippen LogP contribution in [0.5, 0.6) is 0 Å². The Hall–Kier alpha value is -0.766. The molecule has 0 saturated carbocycles. The molecule has 5 nitrogen and oxygen atoms in total. The molecular weight excluding hydrogens is 460 g/mol. The lowest BCUT2D eigenvalue weighted by atomic mass is 9.74. The van der Waals surface area contributed by atoms with Crippen LogP contribution in [0.15, 0.2) is 12.2 Å². The van der Waals surface area contributed by atoms with Crippen molar-refractivity contribution in [2.24, 2.45) is 17.3 Å². The molecule has 1 N–H and O–H groups in total. The molecule has 34 heavy (non-hydrogen) atoms. The van der Waals surface area contributed by atoms with E-state index in [0.29, 0.717) is 0 Å². The quantitative estimate of drug-likeness (QED) is 0.179. The summed E-state index contributed by atoms with van der Waals surface area (Å²) >= 11 is 0. The molecule has 0 unspecified atom stereocenters. The lowest BCUT2D eigenvalue weighted by Crippen LogP contribution is -2.55. The lowest BCUT2D eigenvalue weighted by Gasteiger charge is -2.44. The van der Waals surface area contributed by atoms with Crippen LogP contribution in [0.25, 0.3) is 0 Å². The van der Waals surface area contributed by atoms with E-state index in [1.807, 2.05) is 33.0 Å². The van der Waals surface area contributed by atoms with Crippen molar-refractivity contribution in [2.75, 3.05) is 0 Å². The van der Waals surface area contributed by atoms with Crippen molar-refractivity contribution in [3.63, 3.8) is 0 Å². The average Bonchev–Trinajstić information content (AvgIpc) is 2.75. The van der Waals surface area contributed by atoms with E-state index < -0.39 is 40.0 Å². The normalized spacial score (nSPS) is 17.4. The van der Waals surface area contributed by atoms with Crippen molar-refractivity contribution < 1.29 is 23.5 Å². The first kappa shape index (κ1) is 33.2. The van der Waals surface area contributed by atoms with Gasteiger partial charge in [0, 0.05) is 5.92 Å². The van der Waals surface area contributed by atoms with Gasteiger partial charge in [-0.2, -0.15) is 0 Å². The predicted molar refractivity (Wildman–Crippen MR) is 148 cm³/mol. The maximum Gasteiger partial charge on any atom is 0.332 e. The Morgan fingerprint density at radius 3 is 1.76 bits per heavy atom. The van der Waals surface area contributed by atoms with Gasteiger partial charge in [-0.3, -0.25) is 4.79 Å². The van der Waals surface area contributed by atoms with Crippen molar-refractivity contribution in [1.29, 1.82) is 0 Å². The largest absolute Gasteiger partial charge is 0.479 e. The van der Waals surface area contributed by atoms with Crippen molar-refractivity contribution in [2.45, 2.75) is 131 Å². The van der Waals surface area contributed by atoms with Gasteiger partial charge in [0.05, 0.1) is 11.5 Å². The summed E-state index contributed by atoms with van der Waals surface area (Å²) in [5, 5.41) is 9.98. The summed E-state index contributed by atoms with van der Waals surface area (Å²) in [5.74, 6) is -1.46. The van der Waals surface area contributed by atoms with E-state index in [4.69, 9.17) is 8.85 Å². The molecule has 200 valence electrons. The fourth-order valence-electron chi connectivity index (χ4n) is 4.33. The zero-order chi connectivity index (χ0) is 27.1. The lowest BCUT2D eigenvalue weighted by molar-refractivity contribution is -0.159. The first-order valence-electron chi connectivity index (χ1n) is 13.1. The highest BCUT2D eigenvalue weighted by molar-refractivity contribution is 6.74. The van der Waals surface area contributed by atoms with Crippen LogP contribution in [0, 0.1) is 17.3 Å². The third-order valence-corrected chi connectivity index (χ3v) is 17.3. The Labute approximate surface area is 212 Å². The van der Waals surface area contributed by atoms with Crippen LogP contribution in [0.1, 0.15) is 82.6 Å². The highest BCUT2D eigenvalue weighted by Gasteiger charge is 2.51. The first-order chi connectivity index (χ1) is 15.4. The van der Waals surface area contributed by atoms with E-state index in [-0.39, 0.29) is 22.8 Å². The van der Waals surface area contributed by atoms with E-state index in [1.165, 1.54) is 0 Å². The molecule has 0 rings (SSSR count). The summed E-state index contributed by atoms with van der Waals surface area (Å²) < 4.78 is 13.3. The van der Waals surface area contributed by atoms with Gasteiger partial charge in [0.15, 0.2) is 22.7 Å². The van der Waals surface area contributed by atoms with Gasteiger partial charge in [-0.25, -0.2) is 4.79 Å². The molecule has 0 heterocycles. The van der Waals surface area contributed by atoms with Crippen LogP contribution in [0.3, 0.4) is 0 Å². The second kappa shape index (κ2) is 13.0.